The summed E-state index contributed by atoms with van der Waals surface area (Å²) < 4.78 is 0. The first-order valence-corrected chi connectivity index (χ1v) is 5.18. The lowest BCUT2D eigenvalue weighted by molar-refractivity contribution is -0.0760. The van der Waals surface area contributed by atoms with E-state index >= 15 is 0 Å². The summed E-state index contributed by atoms with van der Waals surface area (Å²) in [6.45, 7) is 4.00. The molecular weight excluding hydrogens is 239 g/mol. The van der Waals surface area contributed by atoms with E-state index in [9.17, 15) is 4.79 Å². The minimum atomic E-state index is -0.337. The Labute approximate surface area is 99.1 Å². The monoisotopic (exact) mass is 252 g/mol. The quantitative estimate of drug-likeness (QED) is 0.823. The van der Waals surface area contributed by atoms with Crippen molar-refractivity contribution >= 4 is 29.1 Å². The van der Waals surface area contributed by atoms with E-state index in [0.29, 0.717) is 10.7 Å². The minimum Gasteiger partial charge on any atom is -0.340 e. The molecule has 1 rings (SSSR count). The molecule has 6 heteroatoms. The number of hydrogen-bond acceptors (Lipinski definition) is 2. The summed E-state index contributed by atoms with van der Waals surface area (Å²) in [5, 5.41) is 1.63. The maximum absolute atomic E-state index is 11.4. The number of H-pyrrole nitrogens is 1. The van der Waals surface area contributed by atoms with Crippen molar-refractivity contribution in [2.45, 2.75) is 13.8 Å². The van der Waals surface area contributed by atoms with E-state index in [1.807, 2.05) is 13.8 Å². The number of aromatic nitrogens is 1. The van der Waals surface area contributed by atoms with Gasteiger partial charge in [0.05, 0.1) is 12.1 Å². The predicted octanol–water partition coefficient (Wildman–Crippen LogP) is 2.98. The van der Waals surface area contributed by atoms with Crippen molar-refractivity contribution in [2.75, 3.05) is 14.2 Å². The Balaban J connectivity index is 0.000000921. The van der Waals surface area contributed by atoms with E-state index in [0.717, 1.165) is 5.06 Å². The number of carbonyl (C=O) groups is 1. The standard InChI is InChI=1S/C7H8Cl2N2O2.C2H6/c1-11(13-2)7(12)5-3-4(8)6(9)10-5;1-2/h3,10H,1-2H3;1-2H3. The van der Waals surface area contributed by atoms with E-state index in [4.69, 9.17) is 28.0 Å². The van der Waals surface area contributed by atoms with Gasteiger partial charge in [-0.05, 0) is 6.07 Å². The molecule has 1 heterocycles. The van der Waals surface area contributed by atoms with Crippen molar-refractivity contribution in [2.24, 2.45) is 0 Å². The molecule has 1 N–H and O–H groups in total. The molecule has 0 aromatic carbocycles. The molecule has 1 aromatic rings. The summed E-state index contributed by atoms with van der Waals surface area (Å²) in [4.78, 5) is 18.7. The van der Waals surface area contributed by atoms with Crippen LogP contribution < -0.4 is 0 Å². The molecule has 0 spiro atoms. The third-order valence-corrected chi connectivity index (χ3v) is 2.21. The molecule has 15 heavy (non-hydrogen) atoms. The molecule has 0 fully saturated rings. The highest BCUT2D eigenvalue weighted by atomic mass is 35.5. The van der Waals surface area contributed by atoms with Crippen molar-refractivity contribution in [3.05, 3.63) is 21.9 Å². The first-order chi connectivity index (χ1) is 7.06. The van der Waals surface area contributed by atoms with Crippen LogP contribution in [-0.4, -0.2) is 30.1 Å². The van der Waals surface area contributed by atoms with Crippen molar-refractivity contribution in [3.8, 4) is 0 Å². The molecule has 0 radical (unpaired) electrons. The zero-order valence-electron chi connectivity index (χ0n) is 9.10. The lowest BCUT2D eigenvalue weighted by Gasteiger charge is -2.11. The van der Waals surface area contributed by atoms with Gasteiger partial charge in [-0.15, -0.1) is 0 Å². The van der Waals surface area contributed by atoms with Crippen LogP contribution >= 0.6 is 23.2 Å². The van der Waals surface area contributed by atoms with E-state index in [1.165, 1.54) is 20.2 Å². The number of hydrogen-bond donors (Lipinski definition) is 1. The zero-order valence-corrected chi connectivity index (χ0v) is 10.6. The van der Waals surface area contributed by atoms with Gasteiger partial charge in [0.2, 0.25) is 0 Å². The van der Waals surface area contributed by atoms with Gasteiger partial charge in [-0.25, -0.2) is 5.06 Å². The highest BCUT2D eigenvalue weighted by Gasteiger charge is 2.15. The van der Waals surface area contributed by atoms with Gasteiger partial charge < -0.3 is 4.98 Å². The topological polar surface area (TPSA) is 45.3 Å². The molecule has 0 aliphatic heterocycles. The highest BCUT2D eigenvalue weighted by molar-refractivity contribution is 6.41. The van der Waals surface area contributed by atoms with Crippen LogP contribution in [0.15, 0.2) is 6.07 Å². The number of aromatic amines is 1. The van der Waals surface area contributed by atoms with Crippen LogP contribution in [0.25, 0.3) is 0 Å². The van der Waals surface area contributed by atoms with Gasteiger partial charge in [-0.1, -0.05) is 37.0 Å². The van der Waals surface area contributed by atoms with Gasteiger partial charge in [-0.3, -0.25) is 9.63 Å². The van der Waals surface area contributed by atoms with Crippen molar-refractivity contribution in [3.63, 3.8) is 0 Å². The molecule has 0 aliphatic carbocycles. The lowest BCUT2D eigenvalue weighted by Crippen LogP contribution is -2.25. The fourth-order valence-corrected chi connectivity index (χ4v) is 1.08. The van der Waals surface area contributed by atoms with E-state index < -0.39 is 0 Å². The average molecular weight is 253 g/mol. The highest BCUT2D eigenvalue weighted by Crippen LogP contribution is 2.22. The Bertz CT molecular complexity index is 306. The molecule has 1 amide bonds. The molecule has 0 saturated carbocycles. The summed E-state index contributed by atoms with van der Waals surface area (Å²) in [5.41, 5.74) is 0.291. The summed E-state index contributed by atoms with van der Waals surface area (Å²) in [5.74, 6) is -0.337. The first-order valence-electron chi connectivity index (χ1n) is 4.42. The number of hydroxylamine groups is 2. The summed E-state index contributed by atoms with van der Waals surface area (Å²) >= 11 is 11.3. The van der Waals surface area contributed by atoms with Crippen molar-refractivity contribution < 1.29 is 9.63 Å². The Morgan fingerprint density at radius 2 is 2.00 bits per heavy atom. The first kappa shape index (κ1) is 14.3. The average Bonchev–Trinajstić information content (AvgIpc) is 2.60. The van der Waals surface area contributed by atoms with Crippen LogP contribution in [0.2, 0.25) is 10.2 Å². The van der Waals surface area contributed by atoms with Crippen molar-refractivity contribution in [1.82, 2.24) is 10.0 Å². The van der Waals surface area contributed by atoms with E-state index in [1.54, 1.807) is 0 Å². The van der Waals surface area contributed by atoms with Gasteiger partial charge in [0.1, 0.15) is 10.8 Å². The Morgan fingerprint density at radius 1 is 1.47 bits per heavy atom. The third kappa shape index (κ3) is 3.74. The fourth-order valence-electron chi connectivity index (χ4n) is 0.772. The Morgan fingerprint density at radius 3 is 2.33 bits per heavy atom. The largest absolute Gasteiger partial charge is 0.340 e. The molecule has 0 atom stereocenters. The number of amides is 1. The minimum absolute atomic E-state index is 0.245. The normalized spacial score (nSPS) is 9.20. The summed E-state index contributed by atoms with van der Waals surface area (Å²) in [7, 11) is 2.88. The van der Waals surface area contributed by atoms with Gasteiger partial charge in [0.25, 0.3) is 5.91 Å². The summed E-state index contributed by atoms with van der Waals surface area (Å²) in [6, 6.07) is 1.45. The second-order valence-corrected chi connectivity index (χ2v) is 3.12. The molecule has 4 nitrogen and oxygen atoms in total. The van der Waals surface area contributed by atoms with Gasteiger partial charge in [-0.2, -0.15) is 0 Å². The van der Waals surface area contributed by atoms with E-state index in [-0.39, 0.29) is 11.1 Å². The number of halogens is 2. The Kier molecular flexibility index (Phi) is 6.40. The van der Waals surface area contributed by atoms with Gasteiger partial charge in [0, 0.05) is 7.05 Å². The molecule has 0 saturated heterocycles. The molecule has 0 unspecified atom stereocenters. The second kappa shape index (κ2) is 6.71. The zero-order chi connectivity index (χ0) is 12.0. The van der Waals surface area contributed by atoms with Crippen LogP contribution in [0.3, 0.4) is 0 Å². The van der Waals surface area contributed by atoms with Crippen LogP contribution in [0.5, 0.6) is 0 Å². The summed E-state index contributed by atoms with van der Waals surface area (Å²) in [6.07, 6.45) is 0. The maximum atomic E-state index is 11.4. The van der Waals surface area contributed by atoms with Crippen LogP contribution in [0.4, 0.5) is 0 Å². The van der Waals surface area contributed by atoms with Crippen LogP contribution in [0.1, 0.15) is 24.3 Å². The molecular formula is C9H14Cl2N2O2. The van der Waals surface area contributed by atoms with Crippen LogP contribution in [-0.2, 0) is 4.84 Å². The second-order valence-electron chi connectivity index (χ2n) is 2.33. The van der Waals surface area contributed by atoms with Gasteiger partial charge in [0.15, 0.2) is 0 Å². The van der Waals surface area contributed by atoms with Gasteiger partial charge >= 0.3 is 0 Å². The number of nitrogens with one attached hydrogen (secondary N) is 1. The molecule has 0 aliphatic rings. The van der Waals surface area contributed by atoms with Crippen molar-refractivity contribution in [1.29, 1.82) is 0 Å². The predicted molar refractivity (Wildman–Crippen MR) is 61.3 cm³/mol. The third-order valence-electron chi connectivity index (χ3n) is 1.52. The fraction of sp³-hybridized carbons (Fsp3) is 0.444. The number of carbonyl (C=O) groups excluding carboxylic acids is 1. The SMILES string of the molecule is CC.CON(C)C(=O)c1cc(Cl)c(Cl)[nH]1. The number of rotatable bonds is 2. The maximum Gasteiger partial charge on any atom is 0.293 e. The smallest absolute Gasteiger partial charge is 0.293 e. The van der Waals surface area contributed by atoms with Crippen LogP contribution in [0, 0.1) is 0 Å². The molecule has 86 valence electrons. The number of nitrogens with zero attached hydrogens (tertiary/aromatic N) is 1. The molecule has 1 aromatic heterocycles. The molecule has 0 bridgehead atoms. The van der Waals surface area contributed by atoms with E-state index in [2.05, 4.69) is 4.98 Å². The Hall–Kier alpha value is -0.710. The lowest BCUT2D eigenvalue weighted by atomic mass is 10.4.